The minimum atomic E-state index is -0.277. The fourth-order valence-electron chi connectivity index (χ4n) is 4.10. The van der Waals surface area contributed by atoms with E-state index >= 15 is 0 Å². The van der Waals surface area contributed by atoms with Gasteiger partial charge in [-0.2, -0.15) is 5.10 Å². The first-order valence-electron chi connectivity index (χ1n) is 10.7. The number of aryl methyl sites for hydroxylation is 1. The standard InChI is InChI=1S/C23H26N4O4/c1-16-18(14-26-9-3-2-4-10-26)12-21(31-16)23(28)25-22-7-8-24-27(22)13-17-5-6-19-20(11-17)30-15-29-19/h5-8,11-12H,2-4,9-10,13-15H2,1H3,(H,25,28). The minimum absolute atomic E-state index is 0.240. The Labute approximate surface area is 180 Å². The highest BCUT2D eigenvalue weighted by molar-refractivity contribution is 6.01. The lowest BCUT2D eigenvalue weighted by Gasteiger charge is -2.25. The van der Waals surface area contributed by atoms with E-state index < -0.39 is 0 Å². The Hall–Kier alpha value is -3.26. The van der Waals surface area contributed by atoms with Crippen LogP contribution in [0.5, 0.6) is 11.5 Å². The van der Waals surface area contributed by atoms with Crippen LogP contribution in [0.1, 0.15) is 46.7 Å². The quantitative estimate of drug-likeness (QED) is 0.651. The van der Waals surface area contributed by atoms with E-state index in [0.717, 1.165) is 48.0 Å². The van der Waals surface area contributed by atoms with Gasteiger partial charge in [-0.3, -0.25) is 9.69 Å². The topological polar surface area (TPSA) is 81.8 Å². The average molecular weight is 422 g/mol. The Morgan fingerprint density at radius 2 is 1.90 bits per heavy atom. The summed E-state index contributed by atoms with van der Waals surface area (Å²) in [6.07, 6.45) is 5.43. The molecule has 5 rings (SSSR count). The Morgan fingerprint density at radius 3 is 2.77 bits per heavy atom. The van der Waals surface area contributed by atoms with E-state index in [1.807, 2.05) is 31.2 Å². The maximum Gasteiger partial charge on any atom is 0.292 e. The van der Waals surface area contributed by atoms with Crippen molar-refractivity contribution in [3.63, 3.8) is 0 Å². The summed E-state index contributed by atoms with van der Waals surface area (Å²) >= 11 is 0. The number of rotatable bonds is 6. The van der Waals surface area contributed by atoms with Gasteiger partial charge in [-0.05, 0) is 56.6 Å². The zero-order valence-electron chi connectivity index (χ0n) is 17.6. The SMILES string of the molecule is Cc1oc(C(=O)Nc2ccnn2Cc2ccc3c(c2)OCO3)cc1CN1CCCCC1. The van der Waals surface area contributed by atoms with Gasteiger partial charge in [0.15, 0.2) is 17.3 Å². The molecule has 3 aromatic rings. The van der Waals surface area contributed by atoms with Crippen molar-refractivity contribution in [1.29, 1.82) is 0 Å². The average Bonchev–Trinajstić information content (AvgIpc) is 3.50. The van der Waals surface area contributed by atoms with Gasteiger partial charge in [-0.25, -0.2) is 4.68 Å². The maximum absolute atomic E-state index is 12.8. The van der Waals surface area contributed by atoms with Crippen molar-refractivity contribution in [3.05, 3.63) is 59.2 Å². The predicted molar refractivity (Wildman–Crippen MR) is 114 cm³/mol. The number of nitrogens with one attached hydrogen (secondary N) is 1. The molecule has 4 heterocycles. The number of carbonyl (C=O) groups excluding carboxylic acids is 1. The number of aromatic nitrogens is 2. The maximum atomic E-state index is 12.8. The summed E-state index contributed by atoms with van der Waals surface area (Å²) in [4.78, 5) is 15.3. The number of piperidine rings is 1. The van der Waals surface area contributed by atoms with Crippen LogP contribution in [-0.2, 0) is 13.1 Å². The highest BCUT2D eigenvalue weighted by Gasteiger charge is 2.19. The molecule has 1 N–H and O–H groups in total. The van der Waals surface area contributed by atoms with Crippen molar-refractivity contribution >= 4 is 11.7 Å². The van der Waals surface area contributed by atoms with E-state index in [-0.39, 0.29) is 12.7 Å². The van der Waals surface area contributed by atoms with Crippen molar-refractivity contribution in [3.8, 4) is 11.5 Å². The number of hydrogen-bond donors (Lipinski definition) is 1. The highest BCUT2D eigenvalue weighted by Crippen LogP contribution is 2.32. The molecular weight excluding hydrogens is 396 g/mol. The summed E-state index contributed by atoms with van der Waals surface area (Å²) in [6.45, 7) is 5.68. The monoisotopic (exact) mass is 422 g/mol. The molecule has 1 amide bonds. The van der Waals surface area contributed by atoms with E-state index in [2.05, 4.69) is 15.3 Å². The molecule has 0 unspecified atom stereocenters. The second kappa shape index (κ2) is 8.47. The second-order valence-corrected chi connectivity index (χ2v) is 8.04. The summed E-state index contributed by atoms with van der Waals surface area (Å²) in [5.41, 5.74) is 2.07. The first-order valence-corrected chi connectivity index (χ1v) is 10.7. The molecule has 1 aromatic carbocycles. The number of anilines is 1. The molecule has 0 aliphatic carbocycles. The number of carbonyl (C=O) groups is 1. The van der Waals surface area contributed by atoms with Crippen molar-refractivity contribution in [2.75, 3.05) is 25.2 Å². The molecule has 0 bridgehead atoms. The predicted octanol–water partition coefficient (Wildman–Crippen LogP) is 3.80. The van der Waals surface area contributed by atoms with Gasteiger partial charge in [0, 0.05) is 18.2 Å². The molecule has 0 radical (unpaired) electrons. The van der Waals surface area contributed by atoms with E-state index in [9.17, 15) is 4.79 Å². The molecule has 0 saturated carbocycles. The minimum Gasteiger partial charge on any atom is -0.456 e. The van der Waals surface area contributed by atoms with Crippen molar-refractivity contribution in [1.82, 2.24) is 14.7 Å². The van der Waals surface area contributed by atoms with Gasteiger partial charge in [0.2, 0.25) is 6.79 Å². The van der Waals surface area contributed by atoms with Crippen LogP contribution in [0.25, 0.3) is 0 Å². The van der Waals surface area contributed by atoms with Gasteiger partial charge in [-0.15, -0.1) is 0 Å². The third-order valence-electron chi connectivity index (χ3n) is 5.81. The summed E-state index contributed by atoms with van der Waals surface area (Å²) in [7, 11) is 0. The molecule has 31 heavy (non-hydrogen) atoms. The second-order valence-electron chi connectivity index (χ2n) is 8.04. The third kappa shape index (κ3) is 4.29. The number of ether oxygens (including phenoxy) is 2. The number of likely N-dealkylation sites (tertiary alicyclic amines) is 1. The summed E-state index contributed by atoms with van der Waals surface area (Å²) in [5, 5.41) is 7.27. The van der Waals surface area contributed by atoms with Gasteiger partial charge in [0.25, 0.3) is 5.91 Å². The van der Waals surface area contributed by atoms with Crippen LogP contribution in [-0.4, -0.2) is 40.5 Å². The Morgan fingerprint density at radius 1 is 1.06 bits per heavy atom. The first kappa shape index (κ1) is 19.7. The molecule has 1 saturated heterocycles. The summed E-state index contributed by atoms with van der Waals surface area (Å²) in [6, 6.07) is 9.41. The number of fused-ring (bicyclic) bond motifs is 1. The number of hydrogen-bond acceptors (Lipinski definition) is 6. The fourth-order valence-corrected chi connectivity index (χ4v) is 4.10. The molecule has 2 aromatic heterocycles. The lowest BCUT2D eigenvalue weighted by molar-refractivity contribution is 0.0994. The van der Waals surface area contributed by atoms with Crippen molar-refractivity contribution < 1.29 is 18.7 Å². The molecule has 162 valence electrons. The van der Waals surface area contributed by atoms with Crippen LogP contribution < -0.4 is 14.8 Å². The Kier molecular flexibility index (Phi) is 5.38. The molecule has 0 spiro atoms. The summed E-state index contributed by atoms with van der Waals surface area (Å²) < 4.78 is 18.3. The van der Waals surface area contributed by atoms with Gasteiger partial charge < -0.3 is 19.2 Å². The van der Waals surface area contributed by atoms with Crippen molar-refractivity contribution in [2.24, 2.45) is 0 Å². The van der Waals surface area contributed by atoms with E-state index in [1.165, 1.54) is 19.3 Å². The van der Waals surface area contributed by atoms with Crippen LogP contribution >= 0.6 is 0 Å². The van der Waals surface area contributed by atoms with Crippen LogP contribution in [0, 0.1) is 6.92 Å². The Balaban J connectivity index is 1.26. The smallest absolute Gasteiger partial charge is 0.292 e. The third-order valence-corrected chi connectivity index (χ3v) is 5.81. The molecular formula is C23H26N4O4. The number of benzene rings is 1. The van der Waals surface area contributed by atoms with Gasteiger partial charge >= 0.3 is 0 Å². The highest BCUT2D eigenvalue weighted by atomic mass is 16.7. The molecule has 1 fully saturated rings. The van der Waals surface area contributed by atoms with Crippen LogP contribution in [0.2, 0.25) is 0 Å². The number of nitrogens with zero attached hydrogens (tertiary/aromatic N) is 3. The molecule has 0 atom stereocenters. The zero-order chi connectivity index (χ0) is 21.2. The largest absolute Gasteiger partial charge is 0.456 e. The van der Waals surface area contributed by atoms with Crippen LogP contribution in [0.3, 0.4) is 0 Å². The normalized spacial score (nSPS) is 15.9. The zero-order valence-corrected chi connectivity index (χ0v) is 17.6. The molecule has 8 nitrogen and oxygen atoms in total. The van der Waals surface area contributed by atoms with Crippen LogP contribution in [0.4, 0.5) is 5.82 Å². The lowest BCUT2D eigenvalue weighted by atomic mass is 10.1. The lowest BCUT2D eigenvalue weighted by Crippen LogP contribution is -2.29. The summed E-state index contributed by atoms with van der Waals surface area (Å²) in [5.74, 6) is 2.91. The van der Waals surface area contributed by atoms with Crippen LogP contribution in [0.15, 0.2) is 40.9 Å². The van der Waals surface area contributed by atoms with Gasteiger partial charge in [-0.1, -0.05) is 12.5 Å². The van der Waals surface area contributed by atoms with E-state index in [4.69, 9.17) is 13.9 Å². The van der Waals surface area contributed by atoms with Gasteiger partial charge in [0.1, 0.15) is 11.6 Å². The van der Waals surface area contributed by atoms with E-state index in [1.54, 1.807) is 16.9 Å². The fraction of sp³-hybridized carbons (Fsp3) is 0.391. The van der Waals surface area contributed by atoms with Gasteiger partial charge in [0.05, 0.1) is 12.7 Å². The van der Waals surface area contributed by atoms with E-state index in [0.29, 0.717) is 18.1 Å². The molecule has 2 aliphatic heterocycles. The molecule has 2 aliphatic rings. The number of amides is 1. The molecule has 8 heteroatoms. The Bertz CT molecular complexity index is 1080. The van der Waals surface area contributed by atoms with Crippen molar-refractivity contribution in [2.45, 2.75) is 39.3 Å². The first-order chi connectivity index (χ1) is 15.2. The number of furan rings is 1.